The van der Waals surface area contributed by atoms with E-state index in [0.717, 1.165) is 13.1 Å². The van der Waals surface area contributed by atoms with Crippen LogP contribution in [0.2, 0.25) is 0 Å². The number of hydrogen-bond acceptors (Lipinski definition) is 2. The fourth-order valence-electron chi connectivity index (χ4n) is 3.55. The Morgan fingerprint density at radius 2 is 1.29 bits per heavy atom. The molecule has 1 saturated heterocycles. The first-order chi connectivity index (χ1) is 13.5. The van der Waals surface area contributed by atoms with E-state index in [2.05, 4.69) is 72.3 Å². The number of aliphatic imine (C=N–C) groups is 1. The van der Waals surface area contributed by atoms with Crippen LogP contribution < -0.4 is 6.54 Å². The molecule has 0 spiro atoms. The van der Waals surface area contributed by atoms with Crippen LogP contribution >= 0.6 is 17.0 Å². The zero-order valence-corrected chi connectivity index (χ0v) is 21.9. The van der Waals surface area contributed by atoms with Crippen LogP contribution in [0.1, 0.15) is 43.2 Å². The van der Waals surface area contributed by atoms with Gasteiger partial charge in [-0.2, -0.15) is 0 Å². The summed E-state index contributed by atoms with van der Waals surface area (Å²) in [7, 11) is 13.3. The molecule has 0 unspecified atom stereocenters. The number of fused-ring (bicyclic) bond motifs is 1. The molecule has 1 fully saturated rings. The van der Waals surface area contributed by atoms with Gasteiger partial charge in [0.25, 0.3) is 0 Å². The van der Waals surface area contributed by atoms with Gasteiger partial charge >= 0.3 is 115 Å². The Kier molecular flexibility index (Phi) is 8.21. The number of hydrogen-bond donors (Lipinski definition) is 0. The Labute approximate surface area is 181 Å². The average molecular weight is 614 g/mol. The molecule has 2 aliphatic rings. The van der Waals surface area contributed by atoms with Crippen LogP contribution in [-0.4, -0.2) is 48.2 Å². The van der Waals surface area contributed by atoms with Crippen LogP contribution in [0.5, 0.6) is 0 Å². The monoisotopic (exact) mass is 613 g/mol. The molecule has 0 aliphatic carbocycles. The van der Waals surface area contributed by atoms with Crippen LogP contribution in [0.4, 0.5) is 0 Å². The molecule has 0 atom stereocenters. The van der Waals surface area contributed by atoms with Gasteiger partial charge in [-0.05, 0) is 19.3 Å². The summed E-state index contributed by atoms with van der Waals surface area (Å²) < 4.78 is 2.23. The number of amidine groups is 1. The topological polar surface area (TPSA) is 15.6 Å². The van der Waals surface area contributed by atoms with Gasteiger partial charge in [-0.3, -0.25) is 4.99 Å². The molecule has 0 saturated carbocycles. The first-order valence-corrected chi connectivity index (χ1v) is 22.2. The van der Waals surface area contributed by atoms with Crippen LogP contribution in [0.3, 0.4) is 0 Å². The molecule has 0 bridgehead atoms. The first kappa shape index (κ1) is 22.1. The summed E-state index contributed by atoms with van der Waals surface area (Å²) in [6, 6.07) is 16.5. The predicted molar refractivity (Wildman–Crippen MR) is 126 cm³/mol. The maximum atomic E-state index is 6.67. The second-order valence-corrected chi connectivity index (χ2v) is 26.1. The van der Waals surface area contributed by atoms with E-state index >= 15 is 0 Å². The van der Waals surface area contributed by atoms with E-state index in [1.807, 2.05) is 0 Å². The van der Waals surface area contributed by atoms with Crippen molar-refractivity contribution in [3.8, 4) is 0 Å². The minimum atomic E-state index is -3.42. The number of rotatable bonds is 2. The van der Waals surface area contributed by atoms with Gasteiger partial charge in [0, 0.05) is 26.1 Å². The Morgan fingerprint density at radius 1 is 0.750 bits per heavy atom. The van der Waals surface area contributed by atoms with Gasteiger partial charge in [-0.25, -0.2) is 0 Å². The molecule has 2 aliphatic heterocycles. The Morgan fingerprint density at radius 3 is 1.86 bits per heavy atom. The van der Waals surface area contributed by atoms with Crippen molar-refractivity contribution in [2.24, 2.45) is 4.99 Å². The summed E-state index contributed by atoms with van der Waals surface area (Å²) in [5.41, 5.74) is 2.46. The summed E-state index contributed by atoms with van der Waals surface area (Å²) in [5.74, 6) is 1.40. The van der Waals surface area contributed by atoms with Gasteiger partial charge in [-0.15, -0.1) is 0 Å². The zero-order valence-electron chi connectivity index (χ0n) is 16.9. The average Bonchev–Trinajstić information content (AvgIpc) is 2.95. The van der Waals surface area contributed by atoms with Crippen LogP contribution in [-0.2, 0) is 0 Å². The molecule has 2 aromatic carbocycles. The normalized spacial score (nSPS) is 17.0. The number of nitrogens with zero attached hydrogens (tertiary/aromatic N) is 2. The minimum absolute atomic E-state index is 1.08. The van der Waals surface area contributed by atoms with Crippen molar-refractivity contribution in [3.63, 3.8) is 0 Å². The maximum absolute atomic E-state index is 6.67. The number of aryl methyl sites for hydroxylation is 2. The van der Waals surface area contributed by atoms with E-state index in [-0.39, 0.29) is 0 Å². The van der Waals surface area contributed by atoms with Gasteiger partial charge < -0.3 is 4.90 Å². The molecule has 151 valence electrons. The zero-order chi connectivity index (χ0) is 20.0. The van der Waals surface area contributed by atoms with Crippen molar-refractivity contribution in [3.05, 3.63) is 59.7 Å². The van der Waals surface area contributed by atoms with Gasteiger partial charge in [0.15, 0.2) is 0 Å². The van der Waals surface area contributed by atoms with Gasteiger partial charge in [-0.1, -0.05) is 6.42 Å². The standard InChI is InChI=1S/C9H16N2.2C7H7.Bi.2ClH/c1-2-5-9-10-6-4-8-11(9)7-3-1;2*1-7-5-3-2-4-6-7;;;/h1-8H2;2*3-6H,1H3;;2*1H/q;;;+2;;/p-2. The van der Waals surface area contributed by atoms with E-state index in [4.69, 9.17) is 17.0 Å². The van der Waals surface area contributed by atoms with Crippen molar-refractivity contribution >= 4 is 47.3 Å². The molecule has 28 heavy (non-hydrogen) atoms. The third kappa shape index (κ3) is 5.94. The van der Waals surface area contributed by atoms with Crippen molar-refractivity contribution in [1.82, 2.24) is 4.90 Å². The van der Waals surface area contributed by atoms with E-state index in [1.54, 1.807) is 0 Å². The van der Waals surface area contributed by atoms with Gasteiger partial charge in [0.1, 0.15) is 0 Å². The summed E-state index contributed by atoms with van der Waals surface area (Å²) in [6.45, 7) is 7.73. The SMILES string of the molecule is C1CCC2=NCCCN2CC1.Cc1cc[c]([Bi]([Cl])([Cl])[c]2ccc(C)cc2)cc1. The molecule has 0 aromatic heterocycles. The third-order valence-corrected chi connectivity index (χ3v) is 19.5. The van der Waals surface area contributed by atoms with Crippen molar-refractivity contribution in [1.29, 1.82) is 0 Å². The van der Waals surface area contributed by atoms with Crippen molar-refractivity contribution in [2.75, 3.05) is 19.6 Å². The van der Waals surface area contributed by atoms with Crippen LogP contribution in [0.25, 0.3) is 0 Å². The fraction of sp³-hybridized carbons (Fsp3) is 0.435. The van der Waals surface area contributed by atoms with E-state index in [9.17, 15) is 0 Å². The summed E-state index contributed by atoms with van der Waals surface area (Å²) >= 11 is -3.42. The number of benzene rings is 2. The molecular formula is C23H30BiCl2N2. The Balaban J connectivity index is 0.000000176. The molecule has 4 rings (SSSR count). The molecule has 0 amide bonds. The number of halogens is 2. The Bertz CT molecular complexity index is 738. The molecule has 2 aromatic rings. The molecule has 2 heterocycles. The molecular weight excluding hydrogens is 584 g/mol. The van der Waals surface area contributed by atoms with Crippen molar-refractivity contribution in [2.45, 2.75) is 46.0 Å². The second-order valence-electron chi connectivity index (χ2n) is 7.63. The first-order valence-electron chi connectivity index (χ1n) is 10.2. The summed E-state index contributed by atoms with van der Waals surface area (Å²) in [5, 5.41) is 0. The molecule has 1 radical (unpaired) electrons. The van der Waals surface area contributed by atoms with E-state index in [1.165, 1.54) is 62.2 Å². The van der Waals surface area contributed by atoms with Crippen LogP contribution in [0.15, 0.2) is 53.5 Å². The van der Waals surface area contributed by atoms with E-state index < -0.39 is 17.9 Å². The molecule has 0 N–H and O–H groups in total. The van der Waals surface area contributed by atoms with Gasteiger partial charge in [0.2, 0.25) is 0 Å². The van der Waals surface area contributed by atoms with Gasteiger partial charge in [0.05, 0.1) is 5.84 Å². The quantitative estimate of drug-likeness (QED) is 0.435. The molecule has 5 heteroatoms. The van der Waals surface area contributed by atoms with Crippen LogP contribution in [0, 0.1) is 13.8 Å². The predicted octanol–water partition coefficient (Wildman–Crippen LogP) is 5.00. The summed E-state index contributed by atoms with van der Waals surface area (Å²) in [4.78, 5) is 7.04. The second kappa shape index (κ2) is 10.4. The van der Waals surface area contributed by atoms with E-state index in [0.29, 0.717) is 0 Å². The third-order valence-electron chi connectivity index (χ3n) is 5.29. The fourth-order valence-corrected chi connectivity index (χ4v) is 12.7. The molecule has 2 nitrogen and oxygen atoms in total. The van der Waals surface area contributed by atoms with Crippen molar-refractivity contribution < 1.29 is 0 Å². The summed E-state index contributed by atoms with van der Waals surface area (Å²) in [6.07, 6.45) is 6.63. The Hall–Kier alpha value is -0.627.